The third kappa shape index (κ3) is 2.91. The first kappa shape index (κ1) is 18.1. The summed E-state index contributed by atoms with van der Waals surface area (Å²) in [7, 11) is 1.72. The van der Waals surface area contributed by atoms with Crippen LogP contribution in [0.2, 0.25) is 0 Å². The lowest BCUT2D eigenvalue weighted by Crippen LogP contribution is -2.31. The van der Waals surface area contributed by atoms with Crippen molar-refractivity contribution in [1.82, 2.24) is 28.9 Å². The van der Waals surface area contributed by atoms with E-state index in [-0.39, 0.29) is 24.0 Å². The number of aromatic nitrogens is 6. The zero-order valence-corrected chi connectivity index (χ0v) is 16.1. The summed E-state index contributed by atoms with van der Waals surface area (Å²) >= 11 is 0. The highest BCUT2D eigenvalue weighted by molar-refractivity contribution is 5.68. The molecule has 5 rings (SSSR count). The van der Waals surface area contributed by atoms with Crippen LogP contribution in [-0.4, -0.2) is 28.9 Å². The number of aryl methyl sites for hydroxylation is 1. The smallest absolute Gasteiger partial charge is 0.390 e. The van der Waals surface area contributed by atoms with Gasteiger partial charge in [0.1, 0.15) is 12.9 Å². The number of rotatable bonds is 4. The predicted molar refractivity (Wildman–Crippen MR) is 105 cm³/mol. The van der Waals surface area contributed by atoms with Crippen molar-refractivity contribution < 1.29 is 4.42 Å². The molecule has 0 saturated heterocycles. The van der Waals surface area contributed by atoms with Crippen LogP contribution in [0, 0.1) is 11.3 Å². The van der Waals surface area contributed by atoms with Gasteiger partial charge in [-0.2, -0.15) is 9.94 Å². The van der Waals surface area contributed by atoms with E-state index in [0.29, 0.717) is 22.6 Å². The Balaban J connectivity index is 1.33. The molecule has 1 aromatic carbocycles. The number of fused-ring (bicyclic) bond motifs is 1. The van der Waals surface area contributed by atoms with Gasteiger partial charge in [-0.15, -0.1) is 5.10 Å². The first-order valence-corrected chi connectivity index (χ1v) is 9.48. The lowest BCUT2D eigenvalue weighted by Gasteiger charge is -2.34. The largest absolute Gasteiger partial charge is 0.437 e. The lowest BCUT2D eigenvalue weighted by atomic mass is 9.76. The first-order valence-electron chi connectivity index (χ1n) is 9.48. The Morgan fingerprint density at radius 2 is 1.90 bits per heavy atom. The summed E-state index contributed by atoms with van der Waals surface area (Å²) in [6, 6.07) is 9.55. The summed E-state index contributed by atoms with van der Waals surface area (Å²) < 4.78 is 9.59. The van der Waals surface area contributed by atoms with E-state index < -0.39 is 5.76 Å². The van der Waals surface area contributed by atoms with Gasteiger partial charge in [-0.25, -0.2) is 14.8 Å². The molecule has 0 N–H and O–H groups in total. The molecule has 4 aromatic rings. The van der Waals surface area contributed by atoms with E-state index in [0.717, 1.165) is 18.4 Å². The highest BCUT2D eigenvalue weighted by atomic mass is 16.4. The van der Waals surface area contributed by atoms with Crippen LogP contribution in [0.25, 0.3) is 11.2 Å². The van der Waals surface area contributed by atoms with E-state index in [2.05, 4.69) is 21.1 Å². The van der Waals surface area contributed by atoms with Crippen LogP contribution in [-0.2, 0) is 13.6 Å². The summed E-state index contributed by atoms with van der Waals surface area (Å²) in [5, 5.41) is 13.2. The van der Waals surface area contributed by atoms with Crippen molar-refractivity contribution in [3.63, 3.8) is 0 Å². The maximum Gasteiger partial charge on any atom is 0.437 e. The number of imidazole rings is 1. The predicted octanol–water partition coefficient (Wildman–Crippen LogP) is 1.32. The Bertz CT molecular complexity index is 1400. The van der Waals surface area contributed by atoms with Crippen LogP contribution >= 0.6 is 0 Å². The van der Waals surface area contributed by atoms with Crippen LogP contribution in [0.1, 0.15) is 41.8 Å². The van der Waals surface area contributed by atoms with Crippen molar-refractivity contribution >= 4 is 11.2 Å². The molecule has 0 radical (unpaired) electrons. The monoisotopic (exact) mass is 403 g/mol. The van der Waals surface area contributed by atoms with Crippen LogP contribution in [0.3, 0.4) is 0 Å². The van der Waals surface area contributed by atoms with Crippen molar-refractivity contribution in [3.8, 4) is 6.07 Å². The van der Waals surface area contributed by atoms with Gasteiger partial charge in [-0.3, -0.25) is 9.36 Å². The molecule has 1 aliphatic rings. The molecule has 10 nitrogen and oxygen atoms in total. The number of hydrogen-bond donors (Lipinski definition) is 0. The zero-order valence-electron chi connectivity index (χ0n) is 16.1. The fourth-order valence-electron chi connectivity index (χ4n) is 3.84. The Labute approximate surface area is 169 Å². The molecule has 3 aromatic heterocycles. The molecular weight excluding hydrogens is 386 g/mol. The Kier molecular flexibility index (Phi) is 4.10. The van der Waals surface area contributed by atoms with E-state index in [9.17, 15) is 9.59 Å². The van der Waals surface area contributed by atoms with E-state index in [1.807, 2.05) is 12.1 Å². The molecule has 1 aliphatic carbocycles. The number of nitriles is 1. The van der Waals surface area contributed by atoms with E-state index >= 15 is 0 Å². The minimum absolute atomic E-state index is 0.0148. The van der Waals surface area contributed by atoms with E-state index in [1.54, 1.807) is 23.7 Å². The van der Waals surface area contributed by atoms with Crippen molar-refractivity contribution in [2.75, 3.05) is 0 Å². The van der Waals surface area contributed by atoms with Crippen LogP contribution < -0.4 is 11.3 Å². The minimum Gasteiger partial charge on any atom is -0.390 e. The molecule has 1 fully saturated rings. The number of benzene rings is 1. The average molecular weight is 403 g/mol. The van der Waals surface area contributed by atoms with Gasteiger partial charge in [0, 0.05) is 7.05 Å². The summed E-state index contributed by atoms with van der Waals surface area (Å²) in [6.45, 7) is 0.0148. The Morgan fingerprint density at radius 3 is 2.63 bits per heavy atom. The molecule has 0 amide bonds. The fourth-order valence-corrected chi connectivity index (χ4v) is 3.84. The molecule has 0 atom stereocenters. The van der Waals surface area contributed by atoms with Crippen LogP contribution in [0.5, 0.6) is 0 Å². The van der Waals surface area contributed by atoms with Crippen molar-refractivity contribution in [2.45, 2.75) is 31.3 Å². The molecular formula is C20H17N7O3. The maximum atomic E-state index is 12.6. The van der Waals surface area contributed by atoms with Gasteiger partial charge in [-0.05, 0) is 36.5 Å². The molecule has 3 heterocycles. The Morgan fingerprint density at radius 1 is 1.17 bits per heavy atom. The average Bonchev–Trinajstić information content (AvgIpc) is 3.26. The SMILES string of the molecule is Cn1cnc2ncn(Cc3nn(C4CC(c5ccc(C#N)cc5)C4)c(=O)o3)c(=O)c21. The van der Waals surface area contributed by atoms with Gasteiger partial charge in [0.05, 0.1) is 24.0 Å². The first-order chi connectivity index (χ1) is 14.5. The van der Waals surface area contributed by atoms with Crippen molar-refractivity contribution in [2.24, 2.45) is 7.05 Å². The second-order valence-corrected chi connectivity index (χ2v) is 7.47. The quantitative estimate of drug-likeness (QED) is 0.503. The maximum absolute atomic E-state index is 12.6. The molecule has 1 saturated carbocycles. The van der Waals surface area contributed by atoms with Gasteiger partial charge in [0.15, 0.2) is 11.2 Å². The standard InChI is InChI=1S/C20H17N7O3/c1-25-10-22-18-17(25)19(28)26(11-23-18)9-16-24-27(20(29)30-16)15-6-14(7-15)13-4-2-12(8-21)3-5-13/h2-5,10-11,14-15H,6-7,9H2,1H3. The van der Waals surface area contributed by atoms with Gasteiger partial charge in [0.2, 0.25) is 5.89 Å². The van der Waals surface area contributed by atoms with Crippen LogP contribution in [0.4, 0.5) is 0 Å². The van der Waals surface area contributed by atoms with E-state index in [1.165, 1.54) is 21.9 Å². The third-order valence-corrected chi connectivity index (χ3v) is 5.59. The third-order valence-electron chi connectivity index (χ3n) is 5.59. The van der Waals surface area contributed by atoms with E-state index in [4.69, 9.17) is 9.68 Å². The van der Waals surface area contributed by atoms with Crippen molar-refractivity contribution in [3.05, 3.63) is 74.8 Å². The highest BCUT2D eigenvalue weighted by Gasteiger charge is 2.34. The molecule has 0 unspecified atom stereocenters. The topological polar surface area (TPSA) is 125 Å². The minimum atomic E-state index is -0.532. The van der Waals surface area contributed by atoms with Gasteiger partial charge in [-0.1, -0.05) is 12.1 Å². The summed E-state index contributed by atoms with van der Waals surface area (Å²) in [6.07, 6.45) is 4.43. The molecule has 0 spiro atoms. The number of hydrogen-bond acceptors (Lipinski definition) is 7. The molecule has 30 heavy (non-hydrogen) atoms. The van der Waals surface area contributed by atoms with Crippen molar-refractivity contribution in [1.29, 1.82) is 5.26 Å². The van der Waals surface area contributed by atoms with Gasteiger partial charge < -0.3 is 8.98 Å². The number of nitrogens with zero attached hydrogens (tertiary/aromatic N) is 7. The molecule has 10 heteroatoms. The lowest BCUT2D eigenvalue weighted by molar-refractivity contribution is 0.233. The molecule has 0 bridgehead atoms. The second-order valence-electron chi connectivity index (χ2n) is 7.47. The Hall–Kier alpha value is -4.00. The zero-order chi connectivity index (χ0) is 20.8. The van der Waals surface area contributed by atoms with Crippen LogP contribution in [0.15, 0.2) is 50.9 Å². The van der Waals surface area contributed by atoms with Gasteiger partial charge >= 0.3 is 5.76 Å². The highest BCUT2D eigenvalue weighted by Crippen LogP contribution is 2.43. The summed E-state index contributed by atoms with van der Waals surface area (Å²) in [5.74, 6) is -0.0583. The second kappa shape index (κ2) is 6.81. The molecule has 150 valence electrons. The fraction of sp³-hybridized carbons (Fsp3) is 0.300. The molecule has 0 aliphatic heterocycles. The summed E-state index contributed by atoms with van der Waals surface area (Å²) in [5.41, 5.74) is 2.24. The summed E-state index contributed by atoms with van der Waals surface area (Å²) in [4.78, 5) is 33.1. The van der Waals surface area contributed by atoms with Gasteiger partial charge in [0.25, 0.3) is 5.56 Å². The normalized spacial score (nSPS) is 18.3.